The molecule has 4 heavy (non-hydrogen) atoms. The zero-order valence-electron chi connectivity index (χ0n) is 1.76. The molecule has 4 heteroatoms. The zero-order valence-corrected chi connectivity index (χ0v) is 6.62. The summed E-state index contributed by atoms with van der Waals surface area (Å²) >= 11 is 0.750. The summed E-state index contributed by atoms with van der Waals surface area (Å²) in [6.45, 7) is 0. The molecule has 0 N–H and O–H groups in total. The Bertz CT molecular complexity index is 6.00. The normalized spacial score (nSPS) is 0.750. The van der Waals surface area contributed by atoms with Crippen molar-refractivity contribution in [1.82, 2.24) is 0 Å². The molecule has 1 nitrogen and oxygen atoms in total. The molecule has 0 fully saturated rings. The van der Waals surface area contributed by atoms with Crippen LogP contribution in [0, 0.1) is 0 Å². The number of hydrogen-bond donors (Lipinski definition) is 0. The van der Waals surface area contributed by atoms with Gasteiger partial charge in [-0.05, 0) is 0 Å². The Labute approximate surface area is 64.3 Å². The van der Waals surface area contributed by atoms with Gasteiger partial charge in [0.25, 0.3) is 0 Å². The molecule has 0 atom stereocenters. The van der Waals surface area contributed by atoms with Gasteiger partial charge >= 0.3 is 23.7 Å². The first-order chi connectivity index (χ1) is 1.00. The fourth-order valence-electron chi connectivity index (χ4n) is 0. The summed E-state index contributed by atoms with van der Waals surface area (Å²) in [7, 11) is 0. The first-order valence-corrected chi connectivity index (χ1v) is 0.842. The summed E-state index contributed by atoms with van der Waals surface area (Å²) in [5, 5.41) is 0. The third-order valence-electron chi connectivity index (χ3n) is 0. The fourth-order valence-corrected chi connectivity index (χ4v) is 0. The van der Waals surface area contributed by atoms with Crippen molar-refractivity contribution in [2.45, 2.75) is 0 Å². The Kier molecular flexibility index (Phi) is 88.9. The second kappa shape index (κ2) is 21.0. The van der Waals surface area contributed by atoms with Crippen LogP contribution >= 0.6 is 0 Å². The third kappa shape index (κ3) is 9.13. The maximum atomic E-state index is 8.25. The summed E-state index contributed by atoms with van der Waals surface area (Å²) < 4.78 is 8.25. The molecule has 0 unspecified atom stereocenters. The first kappa shape index (κ1) is 16.9. The standard InChI is InChI=1S/O.Ru.2Ti. The Hall–Kier alpha value is 1.85. The number of rotatable bonds is 0. The Balaban J connectivity index is -0.00000000500. The Morgan fingerprint density at radius 2 is 1.25 bits per heavy atom. The van der Waals surface area contributed by atoms with Gasteiger partial charge in [-0.15, -0.1) is 0 Å². The largest absolute Gasteiger partial charge is 0 e. The summed E-state index contributed by atoms with van der Waals surface area (Å²) in [5.41, 5.74) is 0. The molecule has 0 amide bonds. The van der Waals surface area contributed by atoms with Gasteiger partial charge in [-0.25, -0.2) is 0 Å². The van der Waals surface area contributed by atoms with E-state index < -0.39 is 0 Å². The van der Waals surface area contributed by atoms with Gasteiger partial charge in [-0.1, -0.05) is 0 Å². The molecule has 0 aliphatic carbocycles. The Morgan fingerprint density at radius 1 is 1.25 bits per heavy atom. The summed E-state index contributed by atoms with van der Waals surface area (Å²) in [4.78, 5) is 0. The predicted molar refractivity (Wildman–Crippen MR) is 0.686 cm³/mol. The molecule has 0 aliphatic heterocycles. The molecule has 0 aromatic rings. The molecule has 0 rings (SSSR count). The maximum Gasteiger partial charge on any atom is 0 e. The summed E-state index contributed by atoms with van der Waals surface area (Å²) in [6, 6.07) is 0. The van der Waals surface area contributed by atoms with Gasteiger partial charge in [-0.3, -0.25) is 0 Å². The average molecular weight is 213 g/mol. The molecule has 0 bridgehead atoms. The van der Waals surface area contributed by atoms with Crippen molar-refractivity contribution in [2.75, 3.05) is 0 Å². The molecule has 0 saturated carbocycles. The van der Waals surface area contributed by atoms with Crippen LogP contribution in [-0.2, 0) is 64.9 Å². The van der Waals surface area contributed by atoms with Crippen LogP contribution < -0.4 is 0 Å². The molecule has 0 spiro atoms. The molecule has 0 heterocycles. The molecular weight excluding hydrogens is 213 g/mol. The minimum Gasteiger partial charge on any atom is 0 e. The van der Waals surface area contributed by atoms with Crippen molar-refractivity contribution in [3.05, 3.63) is 0 Å². The van der Waals surface area contributed by atoms with E-state index in [-0.39, 0.29) is 41.2 Å². The van der Waals surface area contributed by atoms with Gasteiger partial charge in [0, 0.05) is 41.2 Å². The van der Waals surface area contributed by atoms with Crippen LogP contribution in [0.2, 0.25) is 0 Å². The van der Waals surface area contributed by atoms with Gasteiger partial charge < -0.3 is 0 Å². The minimum atomic E-state index is 0. The monoisotopic (exact) mass is 214 g/mol. The first-order valence-electron chi connectivity index (χ1n) is 0.204. The molecule has 0 aliphatic rings. The van der Waals surface area contributed by atoms with Crippen molar-refractivity contribution in [3.8, 4) is 0 Å². The minimum absolute atomic E-state index is 0. The second-order valence-corrected chi connectivity index (χ2v) is 0. The van der Waals surface area contributed by atoms with Crippen LogP contribution in [0.4, 0.5) is 0 Å². The molecule has 0 radical (unpaired) electrons. The molecule has 22 valence electrons. The summed E-state index contributed by atoms with van der Waals surface area (Å²) in [6.07, 6.45) is 0. The van der Waals surface area contributed by atoms with Crippen LogP contribution in [0.3, 0.4) is 0 Å². The van der Waals surface area contributed by atoms with Crippen LogP contribution in [0.15, 0.2) is 0 Å². The predicted octanol–water partition coefficient (Wildman–Crippen LogP) is -0.126. The van der Waals surface area contributed by atoms with Crippen molar-refractivity contribution in [3.63, 3.8) is 0 Å². The van der Waals surface area contributed by atoms with Gasteiger partial charge in [0.15, 0.2) is 0 Å². The van der Waals surface area contributed by atoms with Crippen LogP contribution in [0.1, 0.15) is 0 Å². The topological polar surface area (TPSA) is 17.1 Å². The van der Waals surface area contributed by atoms with E-state index in [9.17, 15) is 0 Å². The van der Waals surface area contributed by atoms with Gasteiger partial charge in [-0.2, -0.15) is 0 Å². The van der Waals surface area contributed by atoms with Gasteiger partial charge in [0.05, 0.1) is 0 Å². The van der Waals surface area contributed by atoms with E-state index in [1.807, 2.05) is 0 Å². The second-order valence-electron chi connectivity index (χ2n) is 0. The molecule has 0 saturated heterocycles. The average Bonchev–Trinajstić information content (AvgIpc) is 1.00. The van der Waals surface area contributed by atoms with E-state index in [4.69, 9.17) is 3.32 Å². The smallest absolute Gasteiger partial charge is 0 e. The van der Waals surface area contributed by atoms with E-state index in [2.05, 4.69) is 0 Å². The van der Waals surface area contributed by atoms with E-state index in [0.29, 0.717) is 0 Å². The van der Waals surface area contributed by atoms with E-state index in [1.165, 1.54) is 0 Å². The number of hydrogen-bond acceptors (Lipinski definition) is 1. The van der Waals surface area contributed by atoms with Crippen molar-refractivity contribution in [1.29, 1.82) is 0 Å². The van der Waals surface area contributed by atoms with Crippen LogP contribution in [0.25, 0.3) is 0 Å². The maximum absolute atomic E-state index is 8.25. The van der Waals surface area contributed by atoms with E-state index >= 15 is 0 Å². The SMILES string of the molecule is [O]=[Ti].[Ru].[Ti]. The van der Waals surface area contributed by atoms with E-state index in [1.54, 1.807) is 0 Å². The van der Waals surface area contributed by atoms with E-state index in [0.717, 1.165) is 20.4 Å². The molecular formula is ORuTi2. The van der Waals surface area contributed by atoms with Crippen molar-refractivity contribution >= 4 is 0 Å². The molecule has 0 aromatic carbocycles. The quantitative estimate of drug-likeness (QED) is 0.512. The van der Waals surface area contributed by atoms with Crippen LogP contribution in [-0.4, -0.2) is 0 Å². The summed E-state index contributed by atoms with van der Waals surface area (Å²) in [5.74, 6) is 0. The Morgan fingerprint density at radius 3 is 1.25 bits per heavy atom. The van der Waals surface area contributed by atoms with Gasteiger partial charge in [0.1, 0.15) is 0 Å². The van der Waals surface area contributed by atoms with Crippen molar-refractivity contribution in [2.24, 2.45) is 0 Å². The van der Waals surface area contributed by atoms with Gasteiger partial charge in [0.2, 0.25) is 0 Å². The third-order valence-corrected chi connectivity index (χ3v) is 0. The fraction of sp³-hybridized carbons (Fsp3) is 0. The van der Waals surface area contributed by atoms with Crippen LogP contribution in [0.5, 0.6) is 0 Å². The van der Waals surface area contributed by atoms with Crippen molar-refractivity contribution < 1.29 is 64.9 Å². The zero-order chi connectivity index (χ0) is 2.00. The molecule has 0 aromatic heterocycles.